The van der Waals surface area contributed by atoms with Crippen LogP contribution in [0.25, 0.3) is 0 Å². The number of ether oxygens (including phenoxy) is 2. The summed E-state index contributed by atoms with van der Waals surface area (Å²) in [6.07, 6.45) is 4.66. The zero-order valence-electron chi connectivity index (χ0n) is 15.2. The van der Waals surface area contributed by atoms with Crippen LogP contribution >= 0.6 is 11.3 Å². The van der Waals surface area contributed by atoms with Gasteiger partial charge in [0.05, 0.1) is 14.2 Å². The number of rotatable bonds is 9. The molecule has 136 valence electrons. The molecule has 0 fully saturated rings. The topological polar surface area (TPSA) is 34.6 Å². The normalized spacial score (nSPS) is 10.9. The molecular formula is C21H24N2O2S. The molecule has 0 spiro atoms. The number of benzene rings is 1. The molecule has 0 unspecified atom stereocenters. The van der Waals surface area contributed by atoms with Crippen LogP contribution < -0.4 is 9.47 Å². The Hall–Kier alpha value is -2.37. The lowest BCUT2D eigenvalue weighted by atomic mass is 10.1. The van der Waals surface area contributed by atoms with Gasteiger partial charge in [-0.1, -0.05) is 12.1 Å². The summed E-state index contributed by atoms with van der Waals surface area (Å²) >= 11 is 1.80. The maximum absolute atomic E-state index is 5.42. The number of methoxy groups -OCH3 is 2. The second-order valence-electron chi connectivity index (χ2n) is 6.08. The summed E-state index contributed by atoms with van der Waals surface area (Å²) in [5, 5.41) is 2.13. The quantitative estimate of drug-likeness (QED) is 0.560. The third-order valence-corrected chi connectivity index (χ3v) is 5.14. The van der Waals surface area contributed by atoms with E-state index in [1.54, 1.807) is 25.6 Å². The van der Waals surface area contributed by atoms with Crippen LogP contribution in [-0.2, 0) is 19.5 Å². The van der Waals surface area contributed by atoms with E-state index in [4.69, 9.17) is 9.47 Å². The fraction of sp³-hybridized carbons (Fsp3) is 0.286. The van der Waals surface area contributed by atoms with Crippen molar-refractivity contribution in [3.05, 3.63) is 76.2 Å². The highest BCUT2D eigenvalue weighted by atomic mass is 32.1. The van der Waals surface area contributed by atoms with Gasteiger partial charge in [-0.25, -0.2) is 0 Å². The van der Waals surface area contributed by atoms with E-state index in [1.165, 1.54) is 16.0 Å². The molecule has 0 amide bonds. The van der Waals surface area contributed by atoms with E-state index in [1.807, 2.05) is 18.5 Å². The first-order valence-corrected chi connectivity index (χ1v) is 9.51. The largest absolute Gasteiger partial charge is 0.493 e. The van der Waals surface area contributed by atoms with Crippen LogP contribution in [0.5, 0.6) is 11.5 Å². The predicted octanol–water partition coefficient (Wildman–Crippen LogP) is 4.41. The summed E-state index contributed by atoms with van der Waals surface area (Å²) in [5.74, 6) is 1.55. The third kappa shape index (κ3) is 5.07. The Morgan fingerprint density at radius 2 is 1.73 bits per heavy atom. The summed E-state index contributed by atoms with van der Waals surface area (Å²) in [6.45, 7) is 2.83. The first-order valence-electron chi connectivity index (χ1n) is 8.63. The molecule has 3 aromatic rings. The Morgan fingerprint density at radius 1 is 0.923 bits per heavy atom. The first-order chi connectivity index (χ1) is 12.8. The average Bonchev–Trinajstić information content (AvgIpc) is 3.19. The number of pyridine rings is 1. The van der Waals surface area contributed by atoms with Crippen LogP contribution in [0.15, 0.2) is 60.2 Å². The lowest BCUT2D eigenvalue weighted by Crippen LogP contribution is -2.25. The first kappa shape index (κ1) is 18.4. The minimum atomic E-state index is 0.767. The molecule has 0 aliphatic heterocycles. The molecular weight excluding hydrogens is 344 g/mol. The van der Waals surface area contributed by atoms with Gasteiger partial charge in [-0.05, 0) is 53.3 Å². The fourth-order valence-electron chi connectivity index (χ4n) is 2.91. The Kier molecular flexibility index (Phi) is 6.63. The molecule has 4 nitrogen and oxygen atoms in total. The van der Waals surface area contributed by atoms with Gasteiger partial charge in [0.1, 0.15) is 0 Å². The van der Waals surface area contributed by atoms with Crippen molar-refractivity contribution in [1.29, 1.82) is 0 Å². The van der Waals surface area contributed by atoms with Gasteiger partial charge in [0, 0.05) is 36.9 Å². The van der Waals surface area contributed by atoms with E-state index in [2.05, 4.69) is 51.7 Å². The van der Waals surface area contributed by atoms with Crippen LogP contribution in [0.4, 0.5) is 0 Å². The molecule has 0 radical (unpaired) electrons. The van der Waals surface area contributed by atoms with E-state index in [9.17, 15) is 0 Å². The van der Waals surface area contributed by atoms with Crippen LogP contribution in [0.1, 0.15) is 16.0 Å². The van der Waals surface area contributed by atoms with Crippen molar-refractivity contribution in [2.24, 2.45) is 0 Å². The van der Waals surface area contributed by atoms with Gasteiger partial charge in [-0.3, -0.25) is 9.88 Å². The summed E-state index contributed by atoms with van der Waals surface area (Å²) in [5.41, 5.74) is 2.53. The molecule has 2 aromatic heterocycles. The Morgan fingerprint density at radius 3 is 2.42 bits per heavy atom. The van der Waals surface area contributed by atoms with E-state index in [0.29, 0.717) is 0 Å². The zero-order valence-corrected chi connectivity index (χ0v) is 16.0. The summed E-state index contributed by atoms with van der Waals surface area (Å²) < 4.78 is 10.7. The molecule has 0 aliphatic rings. The Bertz CT molecular complexity index is 791. The average molecular weight is 369 g/mol. The number of aromatic nitrogens is 1. The third-order valence-electron chi connectivity index (χ3n) is 4.28. The number of hydrogen-bond donors (Lipinski definition) is 0. The molecule has 0 saturated carbocycles. The van der Waals surface area contributed by atoms with Crippen molar-refractivity contribution >= 4 is 11.3 Å². The molecule has 0 saturated heterocycles. The maximum Gasteiger partial charge on any atom is 0.160 e. The van der Waals surface area contributed by atoms with Crippen LogP contribution in [0.3, 0.4) is 0 Å². The monoisotopic (exact) mass is 368 g/mol. The van der Waals surface area contributed by atoms with Crippen molar-refractivity contribution in [3.63, 3.8) is 0 Å². The number of nitrogens with zero attached hydrogens (tertiary/aromatic N) is 2. The highest BCUT2D eigenvalue weighted by Gasteiger charge is 2.10. The van der Waals surface area contributed by atoms with Gasteiger partial charge in [0.2, 0.25) is 0 Å². The SMILES string of the molecule is COc1ccc(CCN(Cc2ccncc2)Cc2cccs2)cc1OC. The van der Waals surface area contributed by atoms with Crippen molar-refractivity contribution in [2.45, 2.75) is 19.5 Å². The predicted molar refractivity (Wildman–Crippen MR) is 106 cm³/mol. The highest BCUT2D eigenvalue weighted by Crippen LogP contribution is 2.28. The van der Waals surface area contributed by atoms with Crippen molar-refractivity contribution in [3.8, 4) is 11.5 Å². The smallest absolute Gasteiger partial charge is 0.160 e. The standard InChI is InChI=1S/C21H24N2O2S/c1-24-20-6-5-17(14-21(20)25-2)9-12-23(16-19-4-3-13-26-19)15-18-7-10-22-11-8-18/h3-8,10-11,13-14H,9,12,15-16H2,1-2H3. The second-order valence-corrected chi connectivity index (χ2v) is 7.12. The number of hydrogen-bond acceptors (Lipinski definition) is 5. The Labute approximate surface area is 159 Å². The van der Waals surface area contributed by atoms with Crippen LogP contribution in [-0.4, -0.2) is 30.6 Å². The summed E-state index contributed by atoms with van der Waals surface area (Å²) in [7, 11) is 3.34. The van der Waals surface area contributed by atoms with E-state index in [0.717, 1.165) is 37.6 Å². The van der Waals surface area contributed by atoms with Gasteiger partial charge in [0.15, 0.2) is 11.5 Å². The van der Waals surface area contributed by atoms with E-state index < -0.39 is 0 Å². The maximum atomic E-state index is 5.42. The van der Waals surface area contributed by atoms with Gasteiger partial charge >= 0.3 is 0 Å². The van der Waals surface area contributed by atoms with E-state index >= 15 is 0 Å². The molecule has 0 N–H and O–H groups in total. The van der Waals surface area contributed by atoms with Gasteiger partial charge in [0.25, 0.3) is 0 Å². The summed E-state index contributed by atoms with van der Waals surface area (Å²) in [6, 6.07) is 14.6. The van der Waals surface area contributed by atoms with Gasteiger partial charge in [-0.2, -0.15) is 0 Å². The molecule has 0 bridgehead atoms. The molecule has 3 rings (SSSR count). The lowest BCUT2D eigenvalue weighted by molar-refractivity contribution is 0.262. The molecule has 0 aliphatic carbocycles. The minimum absolute atomic E-state index is 0.767. The molecule has 0 atom stereocenters. The van der Waals surface area contributed by atoms with Crippen LogP contribution in [0.2, 0.25) is 0 Å². The lowest BCUT2D eigenvalue weighted by Gasteiger charge is -2.22. The van der Waals surface area contributed by atoms with Gasteiger partial charge in [-0.15, -0.1) is 11.3 Å². The molecule has 2 heterocycles. The van der Waals surface area contributed by atoms with Crippen molar-refractivity contribution < 1.29 is 9.47 Å². The van der Waals surface area contributed by atoms with Crippen molar-refractivity contribution in [1.82, 2.24) is 9.88 Å². The minimum Gasteiger partial charge on any atom is -0.493 e. The molecule has 26 heavy (non-hydrogen) atoms. The van der Waals surface area contributed by atoms with E-state index in [-0.39, 0.29) is 0 Å². The highest BCUT2D eigenvalue weighted by molar-refractivity contribution is 7.09. The molecule has 5 heteroatoms. The van der Waals surface area contributed by atoms with Crippen molar-refractivity contribution in [2.75, 3.05) is 20.8 Å². The molecule has 1 aromatic carbocycles. The van der Waals surface area contributed by atoms with Gasteiger partial charge < -0.3 is 9.47 Å². The zero-order chi connectivity index (χ0) is 18.2. The summed E-state index contributed by atoms with van der Waals surface area (Å²) in [4.78, 5) is 7.97. The number of thiophene rings is 1. The van der Waals surface area contributed by atoms with Crippen LogP contribution in [0, 0.1) is 0 Å². The Balaban J connectivity index is 1.69. The second kappa shape index (κ2) is 9.36. The fourth-order valence-corrected chi connectivity index (χ4v) is 3.65.